The first-order valence-electron chi connectivity index (χ1n) is 8.44. The summed E-state index contributed by atoms with van der Waals surface area (Å²) in [5.74, 6) is 0.425. The van der Waals surface area contributed by atoms with Gasteiger partial charge in [-0.1, -0.05) is 60.7 Å². The molecule has 0 unspecified atom stereocenters. The summed E-state index contributed by atoms with van der Waals surface area (Å²) in [5, 5.41) is 3.46. The van der Waals surface area contributed by atoms with Gasteiger partial charge in [-0.2, -0.15) is 0 Å². The van der Waals surface area contributed by atoms with Crippen LogP contribution in [-0.2, 0) is 4.79 Å². The maximum atomic E-state index is 12.9. The Hall–Kier alpha value is -2.13. The van der Waals surface area contributed by atoms with Crippen molar-refractivity contribution >= 4 is 5.91 Å². The van der Waals surface area contributed by atoms with Gasteiger partial charge in [-0.25, -0.2) is 0 Å². The van der Waals surface area contributed by atoms with Gasteiger partial charge in [0.15, 0.2) is 0 Å². The average molecular weight is 306 g/mol. The second-order valence-corrected chi connectivity index (χ2v) is 6.62. The van der Waals surface area contributed by atoms with Crippen LogP contribution in [0.5, 0.6) is 0 Å². The Balaban J connectivity index is 1.57. The van der Waals surface area contributed by atoms with Crippen molar-refractivity contribution in [2.24, 2.45) is 0 Å². The Morgan fingerprint density at radius 2 is 1.65 bits per heavy atom. The van der Waals surface area contributed by atoms with Crippen LogP contribution in [0.1, 0.15) is 29.9 Å². The molecule has 0 aliphatic carbocycles. The molecule has 0 spiro atoms. The van der Waals surface area contributed by atoms with Gasteiger partial charge in [0.05, 0.1) is 0 Å². The van der Waals surface area contributed by atoms with E-state index >= 15 is 0 Å². The standard InChI is InChI=1S/C20H22N2O/c23-20(22-14-17-11-18(22)13-21-17)12-19(15-7-3-1-4-8-15)16-9-5-2-6-10-16/h1-10,17-19,21H,11-14H2/t17-,18+/m1/s1. The van der Waals surface area contributed by atoms with Crippen molar-refractivity contribution in [3.8, 4) is 0 Å². The van der Waals surface area contributed by atoms with Crippen LogP contribution in [0.3, 0.4) is 0 Å². The maximum Gasteiger partial charge on any atom is 0.223 e. The minimum absolute atomic E-state index is 0.136. The Bertz CT molecular complexity index is 631. The van der Waals surface area contributed by atoms with Gasteiger partial charge >= 0.3 is 0 Å². The fourth-order valence-corrected chi connectivity index (χ4v) is 3.96. The van der Waals surface area contributed by atoms with Crippen LogP contribution in [0.2, 0.25) is 0 Å². The third-order valence-electron chi connectivity index (χ3n) is 5.16. The van der Waals surface area contributed by atoms with Gasteiger partial charge in [-0.05, 0) is 17.5 Å². The van der Waals surface area contributed by atoms with E-state index in [2.05, 4.69) is 58.7 Å². The van der Waals surface area contributed by atoms with Gasteiger partial charge in [0.25, 0.3) is 0 Å². The first-order chi connectivity index (χ1) is 11.3. The lowest BCUT2D eigenvalue weighted by Gasteiger charge is -2.29. The number of fused-ring (bicyclic) bond motifs is 2. The average Bonchev–Trinajstić information content (AvgIpc) is 3.24. The summed E-state index contributed by atoms with van der Waals surface area (Å²) < 4.78 is 0. The molecule has 2 heterocycles. The first-order valence-corrected chi connectivity index (χ1v) is 8.44. The van der Waals surface area contributed by atoms with Crippen LogP contribution in [0, 0.1) is 0 Å². The zero-order chi connectivity index (χ0) is 15.6. The smallest absolute Gasteiger partial charge is 0.223 e. The Labute approximate surface area is 137 Å². The minimum atomic E-state index is 0.136. The lowest BCUT2D eigenvalue weighted by Crippen LogP contribution is -2.46. The van der Waals surface area contributed by atoms with Gasteiger partial charge in [0.2, 0.25) is 5.91 Å². The Kier molecular flexibility index (Phi) is 3.88. The molecular weight excluding hydrogens is 284 g/mol. The molecule has 1 N–H and O–H groups in total. The molecule has 2 aliphatic rings. The predicted molar refractivity (Wildman–Crippen MR) is 91.3 cm³/mol. The molecule has 3 nitrogen and oxygen atoms in total. The molecule has 2 bridgehead atoms. The number of amides is 1. The van der Waals surface area contributed by atoms with E-state index in [0.717, 1.165) is 19.5 Å². The lowest BCUT2D eigenvalue weighted by molar-refractivity contribution is -0.132. The largest absolute Gasteiger partial charge is 0.337 e. The molecule has 2 aliphatic heterocycles. The number of piperazine rings is 1. The number of nitrogens with one attached hydrogen (secondary N) is 1. The molecule has 2 saturated heterocycles. The third kappa shape index (κ3) is 2.89. The molecule has 118 valence electrons. The van der Waals surface area contributed by atoms with Crippen LogP contribution in [0.15, 0.2) is 60.7 Å². The van der Waals surface area contributed by atoms with E-state index in [9.17, 15) is 4.79 Å². The first kappa shape index (κ1) is 14.5. The molecule has 1 amide bonds. The van der Waals surface area contributed by atoms with Crippen molar-refractivity contribution in [3.05, 3.63) is 71.8 Å². The van der Waals surface area contributed by atoms with E-state index in [1.165, 1.54) is 11.1 Å². The Morgan fingerprint density at radius 1 is 1.04 bits per heavy atom. The van der Waals surface area contributed by atoms with Crippen LogP contribution in [-0.4, -0.2) is 36.0 Å². The summed E-state index contributed by atoms with van der Waals surface area (Å²) in [6.07, 6.45) is 1.67. The summed E-state index contributed by atoms with van der Waals surface area (Å²) in [6.45, 7) is 1.83. The van der Waals surface area contributed by atoms with E-state index in [4.69, 9.17) is 0 Å². The fraction of sp³-hybridized carbons (Fsp3) is 0.350. The molecule has 2 atom stereocenters. The van der Waals surface area contributed by atoms with Crippen molar-refractivity contribution in [3.63, 3.8) is 0 Å². The van der Waals surface area contributed by atoms with Crippen molar-refractivity contribution in [2.75, 3.05) is 13.1 Å². The van der Waals surface area contributed by atoms with Crippen molar-refractivity contribution in [1.29, 1.82) is 0 Å². The number of nitrogens with zero attached hydrogens (tertiary/aromatic N) is 1. The molecule has 0 radical (unpaired) electrons. The molecule has 3 heteroatoms. The van der Waals surface area contributed by atoms with Crippen LogP contribution in [0.25, 0.3) is 0 Å². The summed E-state index contributed by atoms with van der Waals surface area (Å²) in [4.78, 5) is 15.0. The minimum Gasteiger partial charge on any atom is -0.337 e. The predicted octanol–water partition coefficient (Wildman–Crippen LogP) is 2.78. The number of likely N-dealkylation sites (tertiary alicyclic amines) is 1. The van der Waals surface area contributed by atoms with Crippen LogP contribution < -0.4 is 5.32 Å². The van der Waals surface area contributed by atoms with Gasteiger partial charge in [-0.15, -0.1) is 0 Å². The number of carbonyl (C=O) groups is 1. The maximum absolute atomic E-state index is 12.9. The van der Waals surface area contributed by atoms with E-state index in [1.807, 2.05) is 12.1 Å². The van der Waals surface area contributed by atoms with Crippen molar-refractivity contribution in [2.45, 2.75) is 30.8 Å². The number of carbonyl (C=O) groups excluding carboxylic acids is 1. The molecule has 2 aromatic carbocycles. The van der Waals surface area contributed by atoms with Gasteiger partial charge in [0.1, 0.15) is 0 Å². The number of hydrogen-bond donors (Lipinski definition) is 1. The number of hydrogen-bond acceptors (Lipinski definition) is 2. The highest BCUT2D eigenvalue weighted by Crippen LogP contribution is 2.31. The van der Waals surface area contributed by atoms with Crippen molar-refractivity contribution in [1.82, 2.24) is 10.2 Å². The highest BCUT2D eigenvalue weighted by Gasteiger charge is 2.40. The second-order valence-electron chi connectivity index (χ2n) is 6.62. The molecule has 0 saturated carbocycles. The van der Waals surface area contributed by atoms with E-state index in [1.54, 1.807) is 0 Å². The summed E-state index contributed by atoms with van der Waals surface area (Å²) in [6, 6.07) is 21.7. The molecule has 2 fully saturated rings. The monoisotopic (exact) mass is 306 g/mol. The van der Waals surface area contributed by atoms with E-state index in [-0.39, 0.29) is 11.8 Å². The Morgan fingerprint density at radius 3 is 2.13 bits per heavy atom. The quantitative estimate of drug-likeness (QED) is 0.942. The van der Waals surface area contributed by atoms with Crippen LogP contribution in [0.4, 0.5) is 0 Å². The molecule has 2 aromatic rings. The molecule has 23 heavy (non-hydrogen) atoms. The second kappa shape index (κ2) is 6.17. The third-order valence-corrected chi connectivity index (χ3v) is 5.16. The summed E-state index contributed by atoms with van der Waals surface area (Å²) in [5.41, 5.74) is 2.43. The highest BCUT2D eigenvalue weighted by atomic mass is 16.2. The van der Waals surface area contributed by atoms with Crippen LogP contribution >= 0.6 is 0 Å². The van der Waals surface area contributed by atoms with Gasteiger partial charge < -0.3 is 10.2 Å². The molecule has 0 aromatic heterocycles. The fourth-order valence-electron chi connectivity index (χ4n) is 3.96. The number of rotatable bonds is 4. The summed E-state index contributed by atoms with van der Waals surface area (Å²) >= 11 is 0. The van der Waals surface area contributed by atoms with E-state index < -0.39 is 0 Å². The number of benzene rings is 2. The SMILES string of the molecule is O=C(CC(c1ccccc1)c1ccccc1)N1C[C@H]2C[C@H]1CN2. The zero-order valence-electron chi connectivity index (χ0n) is 13.2. The zero-order valence-corrected chi connectivity index (χ0v) is 13.2. The van der Waals surface area contributed by atoms with E-state index in [0.29, 0.717) is 18.5 Å². The van der Waals surface area contributed by atoms with Crippen molar-refractivity contribution < 1.29 is 4.79 Å². The highest BCUT2D eigenvalue weighted by molar-refractivity contribution is 5.78. The lowest BCUT2D eigenvalue weighted by atomic mass is 9.88. The normalized spacial score (nSPS) is 22.7. The molecule has 4 rings (SSSR count). The van der Waals surface area contributed by atoms with Gasteiger partial charge in [-0.3, -0.25) is 4.79 Å². The molecular formula is C20H22N2O. The topological polar surface area (TPSA) is 32.3 Å². The summed E-state index contributed by atoms with van der Waals surface area (Å²) in [7, 11) is 0. The van der Waals surface area contributed by atoms with Gasteiger partial charge in [0, 0.05) is 37.5 Å².